The number of halogens is 5. The highest BCUT2D eigenvalue weighted by molar-refractivity contribution is 6.31. The highest BCUT2D eigenvalue weighted by Crippen LogP contribution is 2.34. The number of amides is 1. The van der Waals surface area contributed by atoms with Crippen molar-refractivity contribution in [2.24, 2.45) is 0 Å². The molecule has 0 saturated carbocycles. The predicted octanol–water partition coefficient (Wildman–Crippen LogP) is 6.46. The third kappa shape index (κ3) is 4.09. The van der Waals surface area contributed by atoms with Crippen molar-refractivity contribution in [2.75, 3.05) is 5.32 Å². The molecule has 0 bridgehead atoms. The third-order valence-electron chi connectivity index (χ3n) is 4.80. The van der Waals surface area contributed by atoms with Gasteiger partial charge in [-0.25, -0.2) is 4.39 Å². The number of aromatic amines is 1. The van der Waals surface area contributed by atoms with E-state index in [2.05, 4.69) is 10.3 Å². The monoisotopic (exact) mass is 460 g/mol. The van der Waals surface area contributed by atoms with Crippen molar-refractivity contribution in [1.82, 2.24) is 4.98 Å². The minimum absolute atomic E-state index is 0.0278. The van der Waals surface area contributed by atoms with Crippen molar-refractivity contribution in [3.8, 4) is 0 Å². The second-order valence-electron chi connectivity index (χ2n) is 6.91. The van der Waals surface area contributed by atoms with Gasteiger partial charge in [0.1, 0.15) is 11.5 Å². The first-order chi connectivity index (χ1) is 15.1. The summed E-state index contributed by atoms with van der Waals surface area (Å²) in [7, 11) is 0. The van der Waals surface area contributed by atoms with Crippen LogP contribution in [0.15, 0.2) is 66.7 Å². The molecule has 0 aliphatic rings. The van der Waals surface area contributed by atoms with Crippen LogP contribution in [0.5, 0.6) is 0 Å². The van der Waals surface area contributed by atoms with Crippen LogP contribution < -0.4 is 5.32 Å². The molecule has 1 amide bonds. The molecule has 4 rings (SSSR count). The Kier molecular flexibility index (Phi) is 5.48. The van der Waals surface area contributed by atoms with E-state index in [1.807, 2.05) is 0 Å². The molecule has 162 valence electrons. The molecular formula is C23H13ClF4N2O2. The number of anilines is 1. The molecule has 4 aromatic rings. The van der Waals surface area contributed by atoms with Crippen molar-refractivity contribution < 1.29 is 27.2 Å². The summed E-state index contributed by atoms with van der Waals surface area (Å²) in [4.78, 5) is 28.7. The van der Waals surface area contributed by atoms with Crippen LogP contribution in [0.2, 0.25) is 5.02 Å². The Balaban J connectivity index is 1.79. The van der Waals surface area contributed by atoms with Gasteiger partial charge >= 0.3 is 6.18 Å². The normalized spacial score (nSPS) is 11.5. The lowest BCUT2D eigenvalue weighted by Gasteiger charge is -2.11. The zero-order valence-corrected chi connectivity index (χ0v) is 16.8. The molecule has 32 heavy (non-hydrogen) atoms. The molecule has 4 nitrogen and oxygen atoms in total. The fraction of sp³-hybridized carbons (Fsp3) is 0.0435. The van der Waals surface area contributed by atoms with Gasteiger partial charge in [0.15, 0.2) is 0 Å². The second-order valence-corrected chi connectivity index (χ2v) is 7.34. The van der Waals surface area contributed by atoms with Crippen molar-refractivity contribution in [3.63, 3.8) is 0 Å². The van der Waals surface area contributed by atoms with Crippen molar-refractivity contribution in [2.45, 2.75) is 6.18 Å². The number of carbonyl (C=O) groups is 2. The number of nitrogens with one attached hydrogen (secondary N) is 2. The molecule has 0 aliphatic heterocycles. The maximum absolute atomic E-state index is 13.6. The molecule has 2 N–H and O–H groups in total. The number of aromatic nitrogens is 1. The van der Waals surface area contributed by atoms with Gasteiger partial charge in [-0.05, 0) is 36.4 Å². The number of ketones is 1. The zero-order chi connectivity index (χ0) is 23.0. The van der Waals surface area contributed by atoms with Crippen LogP contribution in [0.1, 0.15) is 32.0 Å². The van der Waals surface area contributed by atoms with Crippen molar-refractivity contribution >= 4 is 39.9 Å². The molecule has 3 aromatic carbocycles. The number of benzene rings is 3. The van der Waals surface area contributed by atoms with Gasteiger partial charge in [0.05, 0.1) is 11.3 Å². The average Bonchev–Trinajstić information content (AvgIpc) is 3.10. The van der Waals surface area contributed by atoms with Gasteiger partial charge in [-0.3, -0.25) is 9.59 Å². The molecule has 0 spiro atoms. The summed E-state index contributed by atoms with van der Waals surface area (Å²) in [5.41, 5.74) is -1.09. The average molecular weight is 461 g/mol. The summed E-state index contributed by atoms with van der Waals surface area (Å²) in [6.07, 6.45) is -4.97. The quantitative estimate of drug-likeness (QED) is 0.271. The lowest BCUT2D eigenvalue weighted by atomic mass is 10.1. The van der Waals surface area contributed by atoms with Crippen molar-refractivity contribution in [3.05, 3.63) is 100.0 Å². The van der Waals surface area contributed by atoms with E-state index in [1.165, 1.54) is 0 Å². The van der Waals surface area contributed by atoms with Crippen LogP contribution in [0, 0.1) is 5.82 Å². The highest BCUT2D eigenvalue weighted by Gasteiger charge is 2.35. The SMILES string of the molecule is O=C(Nc1c(C(=O)c2ccccc2)[nH]c2cc(Cl)ccc12)c1ccc(F)c(C(F)(F)F)c1. The van der Waals surface area contributed by atoms with E-state index in [1.54, 1.807) is 48.5 Å². The fourth-order valence-corrected chi connectivity index (χ4v) is 3.45. The van der Waals surface area contributed by atoms with E-state index in [0.717, 1.165) is 6.07 Å². The molecule has 0 atom stereocenters. The lowest BCUT2D eigenvalue weighted by molar-refractivity contribution is -0.140. The molecule has 1 heterocycles. The number of alkyl halides is 3. The maximum atomic E-state index is 13.6. The Morgan fingerprint density at radius 2 is 1.62 bits per heavy atom. The summed E-state index contributed by atoms with van der Waals surface area (Å²) in [6.45, 7) is 0. The Morgan fingerprint density at radius 3 is 2.31 bits per heavy atom. The standard InChI is InChI=1S/C23H13ClF4N2O2/c24-14-7-8-15-18(11-14)29-20(21(31)12-4-2-1-3-5-12)19(15)30-22(32)13-6-9-17(25)16(10-13)23(26,27)28/h1-11,29H,(H,30,32). The van der Waals surface area contributed by atoms with Gasteiger partial charge in [0, 0.05) is 27.1 Å². The van der Waals surface area contributed by atoms with Gasteiger partial charge in [0.2, 0.25) is 5.78 Å². The van der Waals surface area contributed by atoms with Gasteiger partial charge in [-0.2, -0.15) is 13.2 Å². The first-order valence-electron chi connectivity index (χ1n) is 9.24. The van der Waals surface area contributed by atoms with E-state index in [0.29, 0.717) is 33.6 Å². The number of hydrogen-bond donors (Lipinski definition) is 2. The minimum Gasteiger partial charge on any atom is -0.350 e. The van der Waals surface area contributed by atoms with E-state index < -0.39 is 34.8 Å². The molecule has 0 unspecified atom stereocenters. The van der Waals surface area contributed by atoms with E-state index in [4.69, 9.17) is 11.6 Å². The fourth-order valence-electron chi connectivity index (χ4n) is 3.27. The molecule has 0 radical (unpaired) electrons. The van der Waals surface area contributed by atoms with Crippen LogP contribution in [0.4, 0.5) is 23.2 Å². The molecule has 0 aliphatic carbocycles. The van der Waals surface area contributed by atoms with Crippen LogP contribution >= 0.6 is 11.6 Å². The Morgan fingerprint density at radius 1 is 0.906 bits per heavy atom. The number of H-pyrrole nitrogens is 1. The van der Waals surface area contributed by atoms with Crippen LogP contribution in [0.3, 0.4) is 0 Å². The lowest BCUT2D eigenvalue weighted by Crippen LogP contribution is -2.17. The number of rotatable bonds is 4. The van der Waals surface area contributed by atoms with Crippen LogP contribution in [-0.4, -0.2) is 16.7 Å². The highest BCUT2D eigenvalue weighted by atomic mass is 35.5. The van der Waals surface area contributed by atoms with Gasteiger partial charge < -0.3 is 10.3 Å². The minimum atomic E-state index is -4.97. The molecule has 9 heteroatoms. The first-order valence-corrected chi connectivity index (χ1v) is 9.62. The van der Waals surface area contributed by atoms with E-state index in [9.17, 15) is 27.2 Å². The number of fused-ring (bicyclic) bond motifs is 1. The van der Waals surface area contributed by atoms with Gasteiger partial charge in [-0.1, -0.05) is 41.9 Å². The summed E-state index contributed by atoms with van der Waals surface area (Å²) in [6, 6.07) is 14.8. The molecule has 1 aromatic heterocycles. The van der Waals surface area contributed by atoms with E-state index >= 15 is 0 Å². The first kappa shape index (κ1) is 21.6. The molecule has 0 saturated heterocycles. The molecule has 0 fully saturated rings. The summed E-state index contributed by atoms with van der Waals surface area (Å²) < 4.78 is 52.7. The largest absolute Gasteiger partial charge is 0.419 e. The third-order valence-corrected chi connectivity index (χ3v) is 5.03. The van der Waals surface area contributed by atoms with Gasteiger partial charge in [-0.15, -0.1) is 0 Å². The smallest absolute Gasteiger partial charge is 0.350 e. The van der Waals surface area contributed by atoms with Gasteiger partial charge in [0.25, 0.3) is 5.91 Å². The topological polar surface area (TPSA) is 62.0 Å². The zero-order valence-electron chi connectivity index (χ0n) is 16.1. The van der Waals surface area contributed by atoms with Crippen molar-refractivity contribution in [1.29, 1.82) is 0 Å². The van der Waals surface area contributed by atoms with E-state index in [-0.39, 0.29) is 11.4 Å². The maximum Gasteiger partial charge on any atom is 0.419 e. The summed E-state index contributed by atoms with van der Waals surface area (Å²) in [5.74, 6) is -2.87. The van der Waals surface area contributed by atoms with Crippen LogP contribution in [-0.2, 0) is 6.18 Å². The number of carbonyl (C=O) groups excluding carboxylic acids is 2. The summed E-state index contributed by atoms with van der Waals surface area (Å²) in [5, 5.41) is 3.30. The summed E-state index contributed by atoms with van der Waals surface area (Å²) >= 11 is 6.02. The Labute approximate surface area is 183 Å². The Bertz CT molecular complexity index is 1350. The predicted molar refractivity (Wildman–Crippen MR) is 113 cm³/mol. The molecular weight excluding hydrogens is 448 g/mol. The number of hydrogen-bond acceptors (Lipinski definition) is 2. The second kappa shape index (κ2) is 8.12. The van der Waals surface area contributed by atoms with Crippen LogP contribution in [0.25, 0.3) is 10.9 Å². The Hall–Kier alpha value is -3.65.